The number of hydrogen-bond acceptors (Lipinski definition) is 4. The van der Waals surface area contributed by atoms with Crippen molar-refractivity contribution in [2.24, 2.45) is 5.73 Å². The molecule has 70 valence electrons. The number of rotatable bonds is 3. The lowest BCUT2D eigenvalue weighted by atomic mass is 10.1. The van der Waals surface area contributed by atoms with Crippen molar-refractivity contribution in [3.8, 4) is 0 Å². The molecule has 0 radical (unpaired) electrons. The van der Waals surface area contributed by atoms with Crippen LogP contribution in [0.25, 0.3) is 0 Å². The predicted molar refractivity (Wildman–Crippen MR) is 47.8 cm³/mol. The highest BCUT2D eigenvalue weighted by molar-refractivity contribution is 5.67. The van der Waals surface area contributed by atoms with Gasteiger partial charge >= 0.3 is 5.97 Å². The first-order chi connectivity index (χ1) is 6.09. The molecule has 1 aromatic rings. The van der Waals surface area contributed by atoms with Crippen LogP contribution < -0.4 is 11.5 Å². The molecule has 0 amide bonds. The molecular weight excluding hydrogens is 170 g/mol. The Morgan fingerprint density at radius 1 is 1.62 bits per heavy atom. The zero-order valence-electron chi connectivity index (χ0n) is 6.97. The molecule has 0 bridgehead atoms. The minimum atomic E-state index is -0.935. The maximum absolute atomic E-state index is 10.3. The average molecular weight is 181 g/mol. The average Bonchev–Trinajstić information content (AvgIpc) is 2.03. The van der Waals surface area contributed by atoms with Crippen molar-refractivity contribution >= 4 is 11.7 Å². The van der Waals surface area contributed by atoms with Crippen molar-refractivity contribution < 1.29 is 9.90 Å². The topological polar surface area (TPSA) is 102 Å². The summed E-state index contributed by atoms with van der Waals surface area (Å²) in [4.78, 5) is 14.2. The summed E-state index contributed by atoms with van der Waals surface area (Å²) in [5, 5.41) is 8.48. The van der Waals surface area contributed by atoms with Gasteiger partial charge in [-0.2, -0.15) is 0 Å². The Kier molecular flexibility index (Phi) is 2.81. The van der Waals surface area contributed by atoms with Crippen LogP contribution in [0.3, 0.4) is 0 Å². The van der Waals surface area contributed by atoms with E-state index in [1.807, 2.05) is 0 Å². The number of nitrogen functional groups attached to an aromatic ring is 1. The van der Waals surface area contributed by atoms with Crippen molar-refractivity contribution in [1.82, 2.24) is 4.98 Å². The van der Waals surface area contributed by atoms with Crippen LogP contribution in [-0.4, -0.2) is 16.1 Å². The van der Waals surface area contributed by atoms with Crippen LogP contribution in [0.2, 0.25) is 0 Å². The third-order valence-electron chi connectivity index (χ3n) is 1.60. The van der Waals surface area contributed by atoms with Crippen molar-refractivity contribution in [1.29, 1.82) is 0 Å². The van der Waals surface area contributed by atoms with Crippen LogP contribution in [-0.2, 0) is 4.79 Å². The number of nitrogens with two attached hydrogens (primary N) is 2. The van der Waals surface area contributed by atoms with Gasteiger partial charge in [0.1, 0.15) is 0 Å². The van der Waals surface area contributed by atoms with Gasteiger partial charge in [-0.1, -0.05) is 0 Å². The minimum Gasteiger partial charge on any atom is -0.481 e. The number of anilines is 1. The highest BCUT2D eigenvalue weighted by atomic mass is 16.4. The molecule has 1 unspecified atom stereocenters. The second kappa shape index (κ2) is 3.86. The number of carboxylic acid groups (broad SMARTS) is 1. The Bertz CT molecular complexity index is 314. The number of aromatic nitrogens is 1. The van der Waals surface area contributed by atoms with Gasteiger partial charge in [0.05, 0.1) is 12.1 Å². The molecule has 1 heterocycles. The molecule has 5 heteroatoms. The zero-order valence-corrected chi connectivity index (χ0v) is 6.97. The molecule has 13 heavy (non-hydrogen) atoms. The largest absolute Gasteiger partial charge is 0.481 e. The Labute approximate surface area is 75.4 Å². The van der Waals surface area contributed by atoms with E-state index in [4.69, 9.17) is 16.6 Å². The number of pyridine rings is 1. The monoisotopic (exact) mass is 181 g/mol. The maximum atomic E-state index is 10.3. The molecule has 1 atom stereocenters. The second-order valence-electron chi connectivity index (χ2n) is 2.76. The van der Waals surface area contributed by atoms with Crippen LogP contribution in [0.15, 0.2) is 18.5 Å². The summed E-state index contributed by atoms with van der Waals surface area (Å²) in [6, 6.07) is 1.08. The Balaban J connectivity index is 2.76. The van der Waals surface area contributed by atoms with E-state index >= 15 is 0 Å². The van der Waals surface area contributed by atoms with Gasteiger partial charge in [0.25, 0.3) is 0 Å². The molecule has 0 aliphatic carbocycles. The van der Waals surface area contributed by atoms with E-state index < -0.39 is 12.0 Å². The molecule has 0 saturated heterocycles. The zero-order chi connectivity index (χ0) is 9.84. The van der Waals surface area contributed by atoms with Gasteiger partial charge in [0.2, 0.25) is 0 Å². The standard InChI is InChI=1S/C8H11N3O2/c9-6-1-5(3-11-4-6)7(10)2-8(12)13/h1,3-4,7H,2,9-10H2,(H,12,13). The number of nitrogens with zero attached hydrogens (tertiary/aromatic N) is 1. The van der Waals surface area contributed by atoms with Gasteiger partial charge in [-0.25, -0.2) is 0 Å². The molecule has 0 aromatic carbocycles. The van der Waals surface area contributed by atoms with Crippen molar-refractivity contribution in [3.63, 3.8) is 0 Å². The van der Waals surface area contributed by atoms with Gasteiger partial charge in [0, 0.05) is 18.4 Å². The maximum Gasteiger partial charge on any atom is 0.305 e. The van der Waals surface area contributed by atoms with Crippen LogP contribution in [0.1, 0.15) is 18.0 Å². The van der Waals surface area contributed by atoms with E-state index in [0.29, 0.717) is 11.3 Å². The summed E-state index contributed by atoms with van der Waals surface area (Å²) < 4.78 is 0. The number of carbonyl (C=O) groups is 1. The molecule has 0 aliphatic heterocycles. The fourth-order valence-electron chi connectivity index (χ4n) is 0.985. The first-order valence-corrected chi connectivity index (χ1v) is 3.77. The van der Waals surface area contributed by atoms with E-state index in [9.17, 15) is 4.79 Å². The number of carboxylic acids is 1. The summed E-state index contributed by atoms with van der Waals surface area (Å²) >= 11 is 0. The van der Waals surface area contributed by atoms with E-state index in [-0.39, 0.29) is 6.42 Å². The lowest BCUT2D eigenvalue weighted by molar-refractivity contribution is -0.137. The van der Waals surface area contributed by atoms with Gasteiger partial charge in [-0.15, -0.1) is 0 Å². The second-order valence-corrected chi connectivity index (χ2v) is 2.76. The predicted octanol–water partition coefficient (Wildman–Crippen LogP) is 0.138. The third-order valence-corrected chi connectivity index (χ3v) is 1.60. The quantitative estimate of drug-likeness (QED) is 0.615. The molecule has 0 aliphatic rings. The Morgan fingerprint density at radius 2 is 2.31 bits per heavy atom. The van der Waals surface area contributed by atoms with E-state index in [1.54, 1.807) is 6.07 Å². The molecule has 5 nitrogen and oxygen atoms in total. The molecule has 1 aromatic heterocycles. The van der Waals surface area contributed by atoms with E-state index in [1.165, 1.54) is 12.4 Å². The molecule has 0 spiro atoms. The van der Waals surface area contributed by atoms with Gasteiger partial charge in [0.15, 0.2) is 0 Å². The van der Waals surface area contributed by atoms with Crippen LogP contribution in [0, 0.1) is 0 Å². The van der Waals surface area contributed by atoms with Crippen molar-refractivity contribution in [2.45, 2.75) is 12.5 Å². The smallest absolute Gasteiger partial charge is 0.305 e. The summed E-state index contributed by atoms with van der Waals surface area (Å²) in [6.07, 6.45) is 2.88. The van der Waals surface area contributed by atoms with Crippen LogP contribution >= 0.6 is 0 Å². The number of hydrogen-bond donors (Lipinski definition) is 3. The van der Waals surface area contributed by atoms with Gasteiger partial charge in [-0.3, -0.25) is 9.78 Å². The van der Waals surface area contributed by atoms with Crippen LogP contribution in [0.4, 0.5) is 5.69 Å². The van der Waals surface area contributed by atoms with Crippen molar-refractivity contribution in [3.05, 3.63) is 24.0 Å². The highest BCUT2D eigenvalue weighted by Crippen LogP contribution is 2.14. The van der Waals surface area contributed by atoms with E-state index in [2.05, 4.69) is 4.98 Å². The Morgan fingerprint density at radius 3 is 2.85 bits per heavy atom. The van der Waals surface area contributed by atoms with E-state index in [0.717, 1.165) is 0 Å². The fourth-order valence-corrected chi connectivity index (χ4v) is 0.985. The van der Waals surface area contributed by atoms with Crippen LogP contribution in [0.5, 0.6) is 0 Å². The van der Waals surface area contributed by atoms with Crippen molar-refractivity contribution in [2.75, 3.05) is 5.73 Å². The number of aliphatic carboxylic acids is 1. The molecular formula is C8H11N3O2. The first-order valence-electron chi connectivity index (χ1n) is 3.77. The summed E-state index contributed by atoms with van der Waals surface area (Å²) in [7, 11) is 0. The summed E-state index contributed by atoms with van der Waals surface area (Å²) in [5.74, 6) is -0.935. The summed E-state index contributed by atoms with van der Waals surface area (Å²) in [5.41, 5.74) is 12.2. The SMILES string of the molecule is Nc1cncc(C(N)CC(=O)O)c1. The molecule has 1 rings (SSSR count). The summed E-state index contributed by atoms with van der Waals surface area (Å²) in [6.45, 7) is 0. The lowest BCUT2D eigenvalue weighted by Crippen LogP contribution is -2.15. The third kappa shape index (κ3) is 2.72. The molecule has 0 fully saturated rings. The molecule has 5 N–H and O–H groups in total. The normalized spacial score (nSPS) is 12.4. The van der Waals surface area contributed by atoms with Gasteiger partial charge < -0.3 is 16.6 Å². The lowest BCUT2D eigenvalue weighted by Gasteiger charge is -2.08. The van der Waals surface area contributed by atoms with Gasteiger partial charge in [-0.05, 0) is 11.6 Å². The highest BCUT2D eigenvalue weighted by Gasteiger charge is 2.10. The molecule has 0 saturated carbocycles. The fraction of sp³-hybridized carbons (Fsp3) is 0.250. The first kappa shape index (κ1) is 9.47. The minimum absolute atomic E-state index is 0.120. The Hall–Kier alpha value is -1.62.